The molecule has 1 aliphatic heterocycles. The van der Waals surface area contributed by atoms with Crippen molar-refractivity contribution >= 4 is 17.4 Å². The van der Waals surface area contributed by atoms with Crippen molar-refractivity contribution in [3.05, 3.63) is 65.7 Å². The first-order valence-corrected chi connectivity index (χ1v) is 6.35. The number of benzene rings is 1. The van der Waals surface area contributed by atoms with Gasteiger partial charge in [0.05, 0.1) is 5.03 Å². The lowest BCUT2D eigenvalue weighted by Gasteiger charge is -2.12. The first-order valence-electron chi connectivity index (χ1n) is 5.36. The quantitative estimate of drug-likeness (QED) is 0.816. The van der Waals surface area contributed by atoms with Crippen molar-refractivity contribution in [1.82, 2.24) is 0 Å². The Hall–Kier alpha value is -1.41. The minimum absolute atomic E-state index is 1.05. The Balaban J connectivity index is 2.10. The Labute approximate surface area is 101 Å². The van der Waals surface area contributed by atoms with Gasteiger partial charge in [-0.15, -0.1) is 11.8 Å². The van der Waals surface area contributed by atoms with E-state index in [0.717, 1.165) is 23.4 Å². The smallest absolute Gasteiger partial charge is 0.0731 e. The number of nitrogens with one attached hydrogen (secondary N) is 1. The molecular formula is C14H15NS. The molecule has 16 heavy (non-hydrogen) atoms. The second-order valence-corrected chi connectivity index (χ2v) is 4.75. The molecule has 0 unspecified atom stereocenters. The fourth-order valence-electron chi connectivity index (χ4n) is 1.47. The molecule has 0 amide bonds. The predicted molar refractivity (Wildman–Crippen MR) is 73.5 cm³/mol. The van der Waals surface area contributed by atoms with Gasteiger partial charge in [-0.25, -0.2) is 0 Å². The van der Waals surface area contributed by atoms with Gasteiger partial charge in [0.2, 0.25) is 0 Å². The molecule has 1 aromatic rings. The summed E-state index contributed by atoms with van der Waals surface area (Å²) in [6, 6.07) is 10.2. The van der Waals surface area contributed by atoms with Crippen LogP contribution < -0.4 is 5.32 Å². The van der Waals surface area contributed by atoms with E-state index < -0.39 is 0 Å². The van der Waals surface area contributed by atoms with Crippen LogP contribution in [0.15, 0.2) is 65.7 Å². The largest absolute Gasteiger partial charge is 0.350 e. The van der Waals surface area contributed by atoms with E-state index >= 15 is 0 Å². The summed E-state index contributed by atoms with van der Waals surface area (Å²) in [5.41, 5.74) is 2.17. The van der Waals surface area contributed by atoms with Crippen LogP contribution in [0.3, 0.4) is 0 Å². The molecule has 0 atom stereocenters. The van der Waals surface area contributed by atoms with E-state index in [1.165, 1.54) is 5.03 Å². The number of rotatable bonds is 2. The Bertz CT molecular complexity index is 418. The van der Waals surface area contributed by atoms with Gasteiger partial charge in [0.1, 0.15) is 0 Å². The molecule has 0 saturated carbocycles. The van der Waals surface area contributed by atoms with Gasteiger partial charge in [0.25, 0.3) is 0 Å². The van der Waals surface area contributed by atoms with Crippen molar-refractivity contribution < 1.29 is 0 Å². The summed E-state index contributed by atoms with van der Waals surface area (Å²) in [7, 11) is 0. The van der Waals surface area contributed by atoms with Crippen molar-refractivity contribution in [2.75, 3.05) is 11.1 Å². The van der Waals surface area contributed by atoms with Crippen LogP contribution in [0, 0.1) is 0 Å². The zero-order chi connectivity index (χ0) is 11.2. The Kier molecular flexibility index (Phi) is 3.89. The van der Waals surface area contributed by atoms with Gasteiger partial charge in [0, 0.05) is 11.4 Å². The fourth-order valence-corrected chi connectivity index (χ4v) is 2.36. The third-order valence-corrected chi connectivity index (χ3v) is 3.20. The van der Waals surface area contributed by atoms with Crippen molar-refractivity contribution in [2.45, 2.75) is 6.42 Å². The highest BCUT2D eigenvalue weighted by Crippen LogP contribution is 2.23. The molecule has 0 aliphatic carbocycles. The number of allylic oxidation sites excluding steroid dienone is 4. The van der Waals surface area contributed by atoms with Crippen LogP contribution in [0.25, 0.3) is 0 Å². The number of anilines is 1. The molecule has 1 nitrogen and oxygen atoms in total. The molecule has 0 fully saturated rings. The highest BCUT2D eigenvalue weighted by molar-refractivity contribution is 8.03. The van der Waals surface area contributed by atoms with E-state index in [1.807, 2.05) is 30.0 Å². The molecular weight excluding hydrogens is 214 g/mol. The summed E-state index contributed by atoms with van der Waals surface area (Å²) in [4.78, 5) is 0. The lowest BCUT2D eigenvalue weighted by Crippen LogP contribution is -1.98. The summed E-state index contributed by atoms with van der Waals surface area (Å²) < 4.78 is 0. The van der Waals surface area contributed by atoms with E-state index in [9.17, 15) is 0 Å². The van der Waals surface area contributed by atoms with E-state index in [0.29, 0.717) is 0 Å². The minimum Gasteiger partial charge on any atom is -0.350 e. The number of hydrogen-bond acceptors (Lipinski definition) is 2. The average molecular weight is 229 g/mol. The van der Waals surface area contributed by atoms with Crippen molar-refractivity contribution in [1.29, 1.82) is 0 Å². The zero-order valence-electron chi connectivity index (χ0n) is 9.15. The SMILES string of the molecule is C=C1/C=C\CCS/C(Nc2ccccc2)=C\1. The van der Waals surface area contributed by atoms with Crippen LogP contribution in [0.5, 0.6) is 0 Å². The maximum absolute atomic E-state index is 3.99. The number of para-hydroxylation sites is 1. The Morgan fingerprint density at radius 1 is 1.19 bits per heavy atom. The first-order chi connectivity index (χ1) is 7.84. The zero-order valence-corrected chi connectivity index (χ0v) is 9.96. The normalized spacial score (nSPS) is 21.5. The van der Waals surface area contributed by atoms with E-state index in [2.05, 4.69) is 42.3 Å². The molecule has 2 heteroatoms. The summed E-state index contributed by atoms with van der Waals surface area (Å²) in [6.07, 6.45) is 7.43. The van der Waals surface area contributed by atoms with Crippen LogP contribution in [0.2, 0.25) is 0 Å². The number of hydrogen-bond donors (Lipinski definition) is 1. The van der Waals surface area contributed by atoms with Crippen LogP contribution in [0.4, 0.5) is 5.69 Å². The lowest BCUT2D eigenvalue weighted by atomic mass is 10.2. The lowest BCUT2D eigenvalue weighted by molar-refractivity contribution is 1.24. The highest BCUT2D eigenvalue weighted by atomic mass is 32.2. The summed E-state index contributed by atoms with van der Waals surface area (Å²) >= 11 is 1.83. The van der Waals surface area contributed by atoms with Gasteiger partial charge in [-0.05, 0) is 30.2 Å². The van der Waals surface area contributed by atoms with Gasteiger partial charge in [-0.3, -0.25) is 0 Å². The molecule has 1 aromatic carbocycles. The van der Waals surface area contributed by atoms with Gasteiger partial charge in [-0.1, -0.05) is 36.9 Å². The van der Waals surface area contributed by atoms with Gasteiger partial charge < -0.3 is 5.32 Å². The minimum atomic E-state index is 1.05. The predicted octanol–water partition coefficient (Wildman–Crippen LogP) is 4.19. The molecule has 82 valence electrons. The van der Waals surface area contributed by atoms with Crippen LogP contribution in [-0.2, 0) is 0 Å². The summed E-state index contributed by atoms with van der Waals surface area (Å²) in [5.74, 6) is 1.11. The maximum atomic E-state index is 3.99. The molecule has 1 N–H and O–H groups in total. The van der Waals surface area contributed by atoms with Crippen molar-refractivity contribution in [3.63, 3.8) is 0 Å². The molecule has 0 bridgehead atoms. The second-order valence-electron chi connectivity index (χ2n) is 3.61. The molecule has 1 aliphatic rings. The van der Waals surface area contributed by atoms with Crippen LogP contribution in [-0.4, -0.2) is 5.75 Å². The van der Waals surface area contributed by atoms with Crippen molar-refractivity contribution in [3.8, 4) is 0 Å². The summed E-state index contributed by atoms with van der Waals surface area (Å²) in [5, 5.41) is 4.58. The summed E-state index contributed by atoms with van der Waals surface area (Å²) in [6.45, 7) is 3.99. The van der Waals surface area contributed by atoms with E-state index in [-0.39, 0.29) is 0 Å². The Morgan fingerprint density at radius 3 is 2.81 bits per heavy atom. The standard InChI is InChI=1S/C14H15NS/c1-12-7-5-6-10-16-14(11-12)15-13-8-3-2-4-9-13/h2-5,7-9,11,15H,1,6,10H2/b7-5-,14-11-. The fraction of sp³-hybridized carbons (Fsp3) is 0.143. The van der Waals surface area contributed by atoms with Crippen LogP contribution >= 0.6 is 11.8 Å². The molecule has 2 rings (SSSR count). The van der Waals surface area contributed by atoms with Crippen LogP contribution in [0.1, 0.15) is 6.42 Å². The van der Waals surface area contributed by atoms with Gasteiger partial charge >= 0.3 is 0 Å². The van der Waals surface area contributed by atoms with Gasteiger partial charge in [-0.2, -0.15) is 0 Å². The second kappa shape index (κ2) is 5.61. The maximum Gasteiger partial charge on any atom is 0.0731 e. The third-order valence-electron chi connectivity index (χ3n) is 2.23. The highest BCUT2D eigenvalue weighted by Gasteiger charge is 2.01. The molecule has 0 radical (unpaired) electrons. The van der Waals surface area contributed by atoms with Crippen molar-refractivity contribution in [2.24, 2.45) is 0 Å². The average Bonchev–Trinajstić information content (AvgIpc) is 2.27. The topological polar surface area (TPSA) is 12.0 Å². The molecule has 0 spiro atoms. The van der Waals surface area contributed by atoms with E-state index in [4.69, 9.17) is 0 Å². The molecule has 0 saturated heterocycles. The van der Waals surface area contributed by atoms with E-state index in [1.54, 1.807) is 0 Å². The first kappa shape index (κ1) is 11.1. The third kappa shape index (κ3) is 3.31. The Morgan fingerprint density at radius 2 is 2.00 bits per heavy atom. The van der Waals surface area contributed by atoms with Gasteiger partial charge in [0.15, 0.2) is 0 Å². The monoisotopic (exact) mass is 229 g/mol. The molecule has 1 heterocycles. The molecule has 0 aromatic heterocycles. The number of thioether (sulfide) groups is 1.